The normalized spacial score (nSPS) is 13.1. The lowest BCUT2D eigenvalue weighted by Gasteiger charge is -2.19. The van der Waals surface area contributed by atoms with Crippen LogP contribution in [0.15, 0.2) is 60.7 Å². The average Bonchev–Trinajstić information content (AvgIpc) is 2.80. The minimum absolute atomic E-state index is 0.0474. The highest BCUT2D eigenvalue weighted by molar-refractivity contribution is 6.41. The number of carbonyl (C=O) groups excluding carboxylic acids is 4. The summed E-state index contributed by atoms with van der Waals surface area (Å²) in [6.45, 7) is 1.22. The number of carbonyl (C=O) groups is 4. The minimum atomic E-state index is -0.882. The SMILES string of the molecule is C[C@H](NC(=O)COC(=O)c1ccc2c(c1Cl)C(=O)c1ccccc1C2=O)c1cccc(Cl)c1. The molecule has 0 unspecified atom stereocenters. The van der Waals surface area contributed by atoms with Crippen LogP contribution in [0.1, 0.15) is 60.7 Å². The molecule has 166 valence electrons. The second-order valence-electron chi connectivity index (χ2n) is 7.47. The van der Waals surface area contributed by atoms with Crippen LogP contribution in [0.25, 0.3) is 0 Å². The average molecular weight is 482 g/mol. The van der Waals surface area contributed by atoms with Gasteiger partial charge < -0.3 is 10.1 Å². The van der Waals surface area contributed by atoms with Gasteiger partial charge in [-0.1, -0.05) is 59.6 Å². The van der Waals surface area contributed by atoms with E-state index in [4.69, 9.17) is 27.9 Å². The molecule has 1 atom stereocenters. The van der Waals surface area contributed by atoms with Crippen molar-refractivity contribution in [2.45, 2.75) is 13.0 Å². The largest absolute Gasteiger partial charge is 0.452 e. The maximum absolute atomic E-state index is 12.9. The summed E-state index contributed by atoms with van der Waals surface area (Å²) in [5.41, 5.74) is 1.26. The number of rotatable bonds is 5. The molecule has 1 aliphatic carbocycles. The highest BCUT2D eigenvalue weighted by Crippen LogP contribution is 2.34. The fraction of sp³-hybridized carbons (Fsp3) is 0.120. The summed E-state index contributed by atoms with van der Waals surface area (Å²) in [6, 6.07) is 15.8. The Balaban J connectivity index is 1.48. The van der Waals surface area contributed by atoms with Crippen LogP contribution in [0, 0.1) is 0 Å². The maximum atomic E-state index is 12.9. The van der Waals surface area contributed by atoms with E-state index in [2.05, 4.69) is 5.32 Å². The predicted octanol–water partition coefficient (Wildman–Crippen LogP) is 4.80. The van der Waals surface area contributed by atoms with Crippen molar-refractivity contribution in [3.05, 3.63) is 104 Å². The number of esters is 1. The second-order valence-corrected chi connectivity index (χ2v) is 8.29. The first-order valence-electron chi connectivity index (χ1n) is 10.0. The van der Waals surface area contributed by atoms with Gasteiger partial charge in [0.05, 0.1) is 22.2 Å². The Kier molecular flexibility index (Phi) is 6.31. The Labute approximate surface area is 199 Å². The number of ketones is 2. The minimum Gasteiger partial charge on any atom is -0.452 e. The fourth-order valence-electron chi connectivity index (χ4n) is 3.66. The lowest BCUT2D eigenvalue weighted by atomic mass is 9.83. The van der Waals surface area contributed by atoms with Crippen molar-refractivity contribution in [3.8, 4) is 0 Å². The summed E-state index contributed by atoms with van der Waals surface area (Å²) in [7, 11) is 0. The molecule has 0 bridgehead atoms. The van der Waals surface area contributed by atoms with Crippen LogP contribution in [-0.4, -0.2) is 30.0 Å². The molecule has 1 aliphatic rings. The quantitative estimate of drug-likeness (QED) is 0.413. The lowest BCUT2D eigenvalue weighted by Crippen LogP contribution is -2.31. The first-order chi connectivity index (χ1) is 15.8. The standard InChI is InChI=1S/C25H17Cl2NO5/c1-13(14-5-4-6-15(26)11-14)28-20(29)12-33-25(32)19-10-9-18-21(22(19)27)24(31)17-8-3-2-7-16(17)23(18)30/h2-11,13H,12H2,1H3,(H,28,29)/t13-/m0/s1. The van der Waals surface area contributed by atoms with E-state index in [0.717, 1.165) is 5.56 Å². The van der Waals surface area contributed by atoms with Gasteiger partial charge in [-0.3, -0.25) is 14.4 Å². The highest BCUT2D eigenvalue weighted by atomic mass is 35.5. The monoisotopic (exact) mass is 481 g/mol. The molecule has 0 saturated carbocycles. The molecule has 8 heteroatoms. The fourth-order valence-corrected chi connectivity index (χ4v) is 4.18. The molecular formula is C25H17Cl2NO5. The van der Waals surface area contributed by atoms with Crippen molar-refractivity contribution in [2.75, 3.05) is 6.61 Å². The molecule has 0 heterocycles. The molecule has 3 aromatic carbocycles. The lowest BCUT2D eigenvalue weighted by molar-refractivity contribution is -0.124. The predicted molar refractivity (Wildman–Crippen MR) is 123 cm³/mol. The van der Waals surface area contributed by atoms with Crippen molar-refractivity contribution in [1.82, 2.24) is 5.32 Å². The molecule has 0 fully saturated rings. The third kappa shape index (κ3) is 4.40. The van der Waals surface area contributed by atoms with Gasteiger partial charge in [0.15, 0.2) is 18.2 Å². The second kappa shape index (κ2) is 9.17. The highest BCUT2D eigenvalue weighted by Gasteiger charge is 2.33. The van der Waals surface area contributed by atoms with Crippen molar-refractivity contribution < 1.29 is 23.9 Å². The zero-order chi connectivity index (χ0) is 23.7. The van der Waals surface area contributed by atoms with Gasteiger partial charge in [0, 0.05) is 21.7 Å². The van der Waals surface area contributed by atoms with Crippen LogP contribution < -0.4 is 5.32 Å². The molecule has 0 aromatic heterocycles. The number of ether oxygens (including phenoxy) is 1. The van der Waals surface area contributed by atoms with Crippen molar-refractivity contribution in [1.29, 1.82) is 0 Å². The summed E-state index contributed by atoms with van der Waals surface area (Å²) < 4.78 is 5.10. The van der Waals surface area contributed by atoms with Gasteiger partial charge in [0.25, 0.3) is 5.91 Å². The maximum Gasteiger partial charge on any atom is 0.340 e. The molecular weight excluding hydrogens is 465 g/mol. The van der Waals surface area contributed by atoms with Crippen LogP contribution in [0.4, 0.5) is 0 Å². The molecule has 0 aliphatic heterocycles. The Bertz CT molecular complexity index is 1320. The molecule has 3 aromatic rings. The third-order valence-electron chi connectivity index (χ3n) is 5.31. The summed E-state index contributed by atoms with van der Waals surface area (Å²) in [5.74, 6) is -2.21. The number of hydrogen-bond donors (Lipinski definition) is 1. The van der Waals surface area contributed by atoms with Crippen LogP contribution in [0.2, 0.25) is 10.0 Å². The van der Waals surface area contributed by atoms with Gasteiger partial charge in [0.1, 0.15) is 0 Å². The van der Waals surface area contributed by atoms with Gasteiger partial charge in [-0.2, -0.15) is 0 Å². The van der Waals surface area contributed by atoms with Crippen LogP contribution >= 0.6 is 23.2 Å². The number of benzene rings is 3. The Hall–Kier alpha value is -3.48. The zero-order valence-corrected chi connectivity index (χ0v) is 18.9. The number of halogens is 2. The van der Waals surface area contributed by atoms with Gasteiger partial charge in [0.2, 0.25) is 0 Å². The number of nitrogens with one attached hydrogen (secondary N) is 1. The summed E-state index contributed by atoms with van der Waals surface area (Å²) >= 11 is 12.3. The van der Waals surface area contributed by atoms with E-state index in [0.29, 0.717) is 5.02 Å². The van der Waals surface area contributed by atoms with Crippen LogP contribution in [-0.2, 0) is 9.53 Å². The zero-order valence-electron chi connectivity index (χ0n) is 17.4. The third-order valence-corrected chi connectivity index (χ3v) is 5.94. The van der Waals surface area contributed by atoms with E-state index in [1.54, 1.807) is 43.3 Å². The molecule has 0 saturated heterocycles. The van der Waals surface area contributed by atoms with Crippen LogP contribution in [0.5, 0.6) is 0 Å². The van der Waals surface area contributed by atoms with Gasteiger partial charge in [-0.05, 0) is 36.8 Å². The topological polar surface area (TPSA) is 89.5 Å². The van der Waals surface area contributed by atoms with E-state index in [-0.39, 0.29) is 44.7 Å². The first kappa shape index (κ1) is 22.7. The smallest absolute Gasteiger partial charge is 0.340 e. The van der Waals surface area contributed by atoms with Crippen molar-refractivity contribution in [3.63, 3.8) is 0 Å². The number of hydrogen-bond acceptors (Lipinski definition) is 5. The summed E-state index contributed by atoms with van der Waals surface area (Å²) in [4.78, 5) is 50.5. The first-order valence-corrected chi connectivity index (χ1v) is 10.8. The van der Waals surface area contributed by atoms with Gasteiger partial charge in [-0.15, -0.1) is 0 Å². The Morgan fingerprint density at radius 3 is 2.30 bits per heavy atom. The van der Waals surface area contributed by atoms with E-state index < -0.39 is 24.3 Å². The molecule has 0 spiro atoms. The Morgan fingerprint density at radius 1 is 0.909 bits per heavy atom. The molecule has 1 amide bonds. The molecule has 6 nitrogen and oxygen atoms in total. The molecule has 1 N–H and O–H groups in total. The van der Waals surface area contributed by atoms with E-state index in [9.17, 15) is 19.2 Å². The molecule has 4 rings (SSSR count). The number of fused-ring (bicyclic) bond motifs is 2. The molecule has 33 heavy (non-hydrogen) atoms. The van der Waals surface area contributed by atoms with Gasteiger partial charge >= 0.3 is 5.97 Å². The van der Waals surface area contributed by atoms with E-state index in [1.165, 1.54) is 18.2 Å². The van der Waals surface area contributed by atoms with E-state index >= 15 is 0 Å². The van der Waals surface area contributed by atoms with E-state index in [1.807, 2.05) is 6.07 Å². The van der Waals surface area contributed by atoms with Crippen molar-refractivity contribution in [2.24, 2.45) is 0 Å². The van der Waals surface area contributed by atoms with Crippen LogP contribution in [0.3, 0.4) is 0 Å². The molecule has 0 radical (unpaired) electrons. The summed E-state index contributed by atoms with van der Waals surface area (Å²) in [5, 5.41) is 3.07. The van der Waals surface area contributed by atoms with Crippen molar-refractivity contribution >= 4 is 46.6 Å². The van der Waals surface area contributed by atoms with Gasteiger partial charge in [-0.25, -0.2) is 4.79 Å². The summed E-state index contributed by atoms with van der Waals surface area (Å²) in [6.07, 6.45) is 0. The number of amides is 1. The Morgan fingerprint density at radius 2 is 1.61 bits per heavy atom.